The van der Waals surface area contributed by atoms with Crippen LogP contribution in [-0.4, -0.2) is 29.9 Å². The average molecular weight is 238 g/mol. The summed E-state index contributed by atoms with van der Waals surface area (Å²) in [6, 6.07) is 0. The van der Waals surface area contributed by atoms with Crippen LogP contribution in [0.25, 0.3) is 0 Å². The third-order valence-corrected chi connectivity index (χ3v) is 0. The Balaban J connectivity index is 0. The van der Waals surface area contributed by atoms with Crippen LogP contribution in [0.15, 0.2) is 0 Å². The number of halogens is 1. The van der Waals surface area contributed by atoms with Crippen LogP contribution in [0.5, 0.6) is 0 Å². The first-order valence-corrected chi connectivity index (χ1v) is 0. The molecule has 0 aromatic rings. The molecule has 0 saturated carbocycles. The molecule has 3 radical (unpaired) electrons. The molecule has 0 heterocycles. The normalized spacial score (nSPS) is 0. The van der Waals surface area contributed by atoms with Gasteiger partial charge < -0.3 is 28.6 Å². The largest absolute Gasteiger partial charge is 1.00 e. The maximum atomic E-state index is 0. The topological polar surface area (TPSA) is 68.0 Å². The van der Waals surface area contributed by atoms with Crippen molar-refractivity contribution in [2.75, 3.05) is 0 Å². The zero-order valence-electron chi connectivity index (χ0n) is 2.33. The fraction of sp³-hybridized carbons (Fsp3) is 0. The van der Waals surface area contributed by atoms with Crippen LogP contribution < -0.4 is 23.1 Å². The third kappa shape index (κ3) is 10.7. The number of hydrogen-bond donors (Lipinski definition) is 1. The summed E-state index contributed by atoms with van der Waals surface area (Å²) in [5, 5.41) is 0. The molecule has 29 valence electrons. The molecule has 0 spiro atoms. The summed E-state index contributed by atoms with van der Waals surface area (Å²) in [6.45, 7) is 0. The Kier molecular flexibility index (Phi) is 460. The quantitative estimate of drug-likeness (QED) is 0.420. The van der Waals surface area contributed by atoms with Crippen molar-refractivity contribution in [2.45, 2.75) is 0 Å². The van der Waals surface area contributed by atoms with Gasteiger partial charge in [0.05, 0.1) is 0 Å². The van der Waals surface area contributed by atoms with E-state index in [1.54, 1.807) is 0 Å². The number of quaternary nitrogens is 1. The number of hydrogen-bond acceptors (Lipinski definition) is 0. The van der Waals surface area contributed by atoms with Gasteiger partial charge in [-0.2, -0.15) is 0 Å². The molecule has 0 aromatic heterocycles. The summed E-state index contributed by atoms with van der Waals surface area (Å²) < 4.78 is 0. The first kappa shape index (κ1) is 62.6. The van der Waals surface area contributed by atoms with E-state index in [1.807, 2.05) is 0 Å². The van der Waals surface area contributed by atoms with Gasteiger partial charge in [0, 0.05) is 24.4 Å². The Morgan fingerprint density at radius 2 is 1.00 bits per heavy atom. The van der Waals surface area contributed by atoms with Crippen molar-refractivity contribution in [3.63, 3.8) is 0 Å². The first-order valence-electron chi connectivity index (χ1n) is 0. The maximum absolute atomic E-state index is 0. The monoisotopic (exact) mass is 236 g/mol. The molecule has 0 rings (SSSR count). The predicted molar refractivity (Wildman–Crippen MR) is 15.4 cm³/mol. The molecule has 0 aliphatic rings. The fourth-order valence-corrected chi connectivity index (χ4v) is 0. The minimum atomic E-state index is 0. The molecule has 0 aliphatic carbocycles. The van der Waals surface area contributed by atoms with E-state index in [4.69, 9.17) is 0 Å². The van der Waals surface area contributed by atoms with E-state index in [-0.39, 0.29) is 53.0 Å². The van der Waals surface area contributed by atoms with Crippen LogP contribution in [0.1, 0.15) is 0 Å². The predicted octanol–water partition coefficient (Wildman–Crippen LogP) is -3.83. The molecule has 6 N–H and O–H groups in total. The van der Waals surface area contributed by atoms with Crippen molar-refractivity contribution in [3.05, 3.63) is 0 Å². The third-order valence-electron chi connectivity index (χ3n) is 0. The minimum Gasteiger partial charge on any atom is -1.00 e. The van der Waals surface area contributed by atoms with Crippen molar-refractivity contribution in [3.8, 4) is 0 Å². The van der Waals surface area contributed by atoms with Gasteiger partial charge in [-0.15, -0.1) is 0 Å². The zero-order chi connectivity index (χ0) is 0. The molecule has 0 atom stereocenters. The minimum absolute atomic E-state index is 0. The van der Waals surface area contributed by atoms with Crippen LogP contribution >= 0.6 is 0 Å². The smallest absolute Gasteiger partial charge is 0 e. The molecular formula is H6BrNOSb. The first-order chi connectivity index (χ1) is 0. The zero-order valence-corrected chi connectivity index (χ0v) is 6.46. The van der Waals surface area contributed by atoms with Gasteiger partial charge in [0.15, 0.2) is 0 Å². The Bertz CT molecular complexity index is 8.00. The second kappa shape index (κ2) is 29.4. The molecule has 4 heavy (non-hydrogen) atoms. The van der Waals surface area contributed by atoms with Gasteiger partial charge in [-0.3, -0.25) is 0 Å². The van der Waals surface area contributed by atoms with Gasteiger partial charge in [-0.1, -0.05) is 0 Å². The van der Waals surface area contributed by atoms with Crippen LogP contribution in [0.2, 0.25) is 0 Å². The summed E-state index contributed by atoms with van der Waals surface area (Å²) in [6.07, 6.45) is 0. The number of rotatable bonds is 0. The summed E-state index contributed by atoms with van der Waals surface area (Å²) in [5.74, 6) is 0. The molecule has 2 nitrogen and oxygen atoms in total. The molecule has 0 fully saturated rings. The van der Waals surface area contributed by atoms with Crippen molar-refractivity contribution >= 4 is 24.4 Å². The van der Waals surface area contributed by atoms with E-state index in [1.165, 1.54) is 0 Å². The van der Waals surface area contributed by atoms with Gasteiger partial charge >= 0.3 is 0 Å². The van der Waals surface area contributed by atoms with Crippen LogP contribution in [-0.2, 0) is 0 Å². The van der Waals surface area contributed by atoms with Crippen molar-refractivity contribution < 1.29 is 22.5 Å². The van der Waals surface area contributed by atoms with Crippen LogP contribution in [0.4, 0.5) is 0 Å². The Morgan fingerprint density at radius 3 is 1.00 bits per heavy atom. The van der Waals surface area contributed by atoms with Gasteiger partial charge in [-0.25, -0.2) is 0 Å². The average Bonchev–Trinajstić information content (AvgIpc) is 0. The van der Waals surface area contributed by atoms with Crippen LogP contribution in [0.3, 0.4) is 0 Å². The summed E-state index contributed by atoms with van der Waals surface area (Å²) in [4.78, 5) is 0. The van der Waals surface area contributed by atoms with Gasteiger partial charge in [0.25, 0.3) is 0 Å². The molecule has 0 amide bonds. The maximum Gasteiger partial charge on any atom is 0 e. The van der Waals surface area contributed by atoms with E-state index >= 15 is 0 Å². The Labute approximate surface area is 53.1 Å². The molecular weight excluding hydrogens is 232 g/mol. The van der Waals surface area contributed by atoms with Gasteiger partial charge in [0.1, 0.15) is 0 Å². The second-order valence-electron chi connectivity index (χ2n) is 0. The van der Waals surface area contributed by atoms with Crippen molar-refractivity contribution in [1.82, 2.24) is 6.15 Å². The van der Waals surface area contributed by atoms with E-state index < -0.39 is 0 Å². The fourth-order valence-electron chi connectivity index (χ4n) is 0. The van der Waals surface area contributed by atoms with Crippen molar-refractivity contribution in [2.24, 2.45) is 0 Å². The SMILES string of the molecule is O.[Br-].[NH4+].[Sb]. The van der Waals surface area contributed by atoms with E-state index in [2.05, 4.69) is 0 Å². The van der Waals surface area contributed by atoms with Gasteiger partial charge in [-0.05, 0) is 0 Å². The van der Waals surface area contributed by atoms with E-state index in [9.17, 15) is 0 Å². The standard InChI is InChI=1S/BrH.H3N.H2O.Sb/h1H;1H3;1H2;. The Hall–Kier alpha value is 1.22. The van der Waals surface area contributed by atoms with E-state index in [0.717, 1.165) is 0 Å². The van der Waals surface area contributed by atoms with E-state index in [0.29, 0.717) is 0 Å². The Morgan fingerprint density at radius 1 is 1.00 bits per heavy atom. The van der Waals surface area contributed by atoms with Crippen molar-refractivity contribution in [1.29, 1.82) is 0 Å². The molecule has 0 aliphatic heterocycles. The molecule has 0 aromatic carbocycles. The summed E-state index contributed by atoms with van der Waals surface area (Å²) in [5.41, 5.74) is 0. The molecule has 4 heteroatoms. The molecule has 0 bridgehead atoms. The van der Waals surface area contributed by atoms with Gasteiger partial charge in [0.2, 0.25) is 0 Å². The summed E-state index contributed by atoms with van der Waals surface area (Å²) in [7, 11) is 0. The molecule has 0 unspecified atom stereocenters. The molecule has 0 saturated heterocycles. The second-order valence-corrected chi connectivity index (χ2v) is 0. The van der Waals surface area contributed by atoms with Crippen LogP contribution in [0, 0.1) is 0 Å². The summed E-state index contributed by atoms with van der Waals surface area (Å²) >= 11 is 0.